The summed E-state index contributed by atoms with van der Waals surface area (Å²) in [5.41, 5.74) is 0.456. The minimum Gasteiger partial charge on any atom is -0.444 e. The summed E-state index contributed by atoms with van der Waals surface area (Å²) in [7, 11) is 0. The largest absolute Gasteiger partial charge is 0.444 e. The van der Waals surface area contributed by atoms with Crippen LogP contribution in [0.4, 0.5) is 35.0 Å². The molecule has 1 heterocycles. The van der Waals surface area contributed by atoms with Crippen molar-refractivity contribution < 1.29 is 27.5 Å². The van der Waals surface area contributed by atoms with Gasteiger partial charge in [-0.05, 0) is 68.8 Å². The lowest BCUT2D eigenvalue weighted by Gasteiger charge is -2.19. The van der Waals surface area contributed by atoms with Crippen molar-refractivity contribution in [3.05, 3.63) is 102 Å². The zero-order chi connectivity index (χ0) is 28.9. The highest BCUT2D eigenvalue weighted by Crippen LogP contribution is 2.30. The van der Waals surface area contributed by atoms with Crippen LogP contribution >= 0.6 is 0 Å². The second-order valence-corrected chi connectivity index (χ2v) is 9.88. The van der Waals surface area contributed by atoms with Gasteiger partial charge < -0.3 is 20.7 Å². The van der Waals surface area contributed by atoms with Gasteiger partial charge in [-0.1, -0.05) is 36.4 Å². The van der Waals surface area contributed by atoms with Crippen molar-refractivity contribution in [3.63, 3.8) is 0 Å². The van der Waals surface area contributed by atoms with Gasteiger partial charge >= 0.3 is 12.3 Å². The highest BCUT2D eigenvalue weighted by molar-refractivity contribution is 6.03. The van der Waals surface area contributed by atoms with Crippen molar-refractivity contribution in [2.45, 2.75) is 39.1 Å². The van der Waals surface area contributed by atoms with Crippen molar-refractivity contribution in [1.82, 2.24) is 15.1 Å². The summed E-state index contributed by atoms with van der Waals surface area (Å²) in [6.45, 7) is 5.24. The van der Waals surface area contributed by atoms with Crippen molar-refractivity contribution in [2.24, 2.45) is 0 Å². The Morgan fingerprint density at radius 1 is 0.850 bits per heavy atom. The molecule has 0 saturated carbocycles. The monoisotopic (exact) mass is 551 g/mol. The minimum atomic E-state index is -4.77. The first-order valence-corrected chi connectivity index (χ1v) is 12.3. The lowest BCUT2D eigenvalue weighted by atomic mass is 10.2. The average molecular weight is 552 g/mol. The van der Waals surface area contributed by atoms with Gasteiger partial charge in [0, 0.05) is 29.7 Å². The van der Waals surface area contributed by atoms with Crippen LogP contribution in [0, 0.1) is 0 Å². The summed E-state index contributed by atoms with van der Waals surface area (Å²) in [6.07, 6.45) is -5.41. The molecule has 11 heteroatoms. The van der Waals surface area contributed by atoms with E-state index in [1.54, 1.807) is 57.2 Å². The first kappa shape index (κ1) is 28.2. The number of nitrogens with one attached hydrogen (secondary N) is 3. The van der Waals surface area contributed by atoms with Gasteiger partial charge in [-0.25, -0.2) is 9.48 Å². The molecule has 8 nitrogen and oxygen atoms in total. The third-order valence-electron chi connectivity index (χ3n) is 5.41. The molecule has 3 N–H and O–H groups in total. The van der Waals surface area contributed by atoms with E-state index in [1.165, 1.54) is 12.1 Å². The van der Waals surface area contributed by atoms with Crippen LogP contribution in [-0.2, 0) is 17.5 Å². The van der Waals surface area contributed by atoms with E-state index < -0.39 is 29.5 Å². The normalized spacial score (nSPS) is 11.6. The molecule has 0 saturated heterocycles. The molecule has 3 aromatic carbocycles. The second-order valence-electron chi connectivity index (χ2n) is 9.88. The van der Waals surface area contributed by atoms with Gasteiger partial charge in [-0.15, -0.1) is 0 Å². The molecule has 0 aliphatic heterocycles. The van der Waals surface area contributed by atoms with Gasteiger partial charge in [-0.2, -0.15) is 18.3 Å². The van der Waals surface area contributed by atoms with Gasteiger partial charge in [0.2, 0.25) is 0 Å². The average Bonchev–Trinajstić information content (AvgIpc) is 3.34. The van der Waals surface area contributed by atoms with E-state index in [1.807, 2.05) is 30.3 Å². The number of nitrogens with zero attached hydrogens (tertiary/aromatic N) is 2. The number of carbonyl (C=O) groups excluding carboxylic acids is 2. The maximum absolute atomic E-state index is 13.6. The number of hydrogen-bond acceptors (Lipinski definition) is 5. The Morgan fingerprint density at radius 3 is 2.23 bits per heavy atom. The SMILES string of the molecule is CC(C)(C)OC(=O)NCc1cccc(-n2nc(C(F)(F)F)cc2C(=O)Nc2cccc(Nc3ccccc3)c2)c1. The Morgan fingerprint density at radius 2 is 1.52 bits per heavy atom. The van der Waals surface area contributed by atoms with E-state index in [0.29, 0.717) is 23.0 Å². The van der Waals surface area contributed by atoms with Gasteiger partial charge in [0.25, 0.3) is 5.91 Å². The molecule has 0 aliphatic rings. The topological polar surface area (TPSA) is 97.3 Å². The number of ether oxygens (including phenoxy) is 1. The zero-order valence-corrected chi connectivity index (χ0v) is 22.0. The summed E-state index contributed by atoms with van der Waals surface area (Å²) >= 11 is 0. The Labute approximate surface area is 229 Å². The number of aromatic nitrogens is 2. The first-order valence-electron chi connectivity index (χ1n) is 12.3. The predicted molar refractivity (Wildman–Crippen MR) is 146 cm³/mol. The molecule has 0 atom stereocenters. The fourth-order valence-corrected chi connectivity index (χ4v) is 3.72. The molecule has 2 amide bonds. The number of hydrogen-bond donors (Lipinski definition) is 3. The number of alkyl carbamates (subject to hydrolysis) is 1. The van der Waals surface area contributed by atoms with Crippen LogP contribution in [0.2, 0.25) is 0 Å². The molecule has 0 fully saturated rings. The summed E-state index contributed by atoms with van der Waals surface area (Å²) in [6, 6.07) is 23.2. The van der Waals surface area contributed by atoms with Gasteiger partial charge in [0.05, 0.1) is 5.69 Å². The number of benzene rings is 3. The molecular formula is C29H28F3N5O3. The number of rotatable bonds is 7. The lowest BCUT2D eigenvalue weighted by molar-refractivity contribution is -0.141. The van der Waals surface area contributed by atoms with Crippen LogP contribution in [0.25, 0.3) is 5.69 Å². The van der Waals surface area contributed by atoms with E-state index in [9.17, 15) is 22.8 Å². The van der Waals surface area contributed by atoms with Crippen LogP contribution in [0.5, 0.6) is 0 Å². The molecular weight excluding hydrogens is 523 g/mol. The van der Waals surface area contributed by atoms with Gasteiger partial charge in [0.1, 0.15) is 11.3 Å². The quantitative estimate of drug-likeness (QED) is 0.232. The Bertz CT molecular complexity index is 1490. The van der Waals surface area contributed by atoms with Crippen LogP contribution in [0.15, 0.2) is 84.9 Å². The van der Waals surface area contributed by atoms with E-state index >= 15 is 0 Å². The van der Waals surface area contributed by atoms with Crippen LogP contribution in [0.1, 0.15) is 42.5 Å². The number of halogens is 3. The minimum absolute atomic E-state index is 0.0545. The molecule has 0 spiro atoms. The molecule has 0 aliphatic carbocycles. The third-order valence-corrected chi connectivity index (χ3v) is 5.41. The summed E-state index contributed by atoms with van der Waals surface area (Å²) in [5.74, 6) is -0.780. The van der Waals surface area contributed by atoms with Crippen LogP contribution in [0.3, 0.4) is 0 Å². The Kier molecular flexibility index (Phi) is 8.13. The number of carbonyl (C=O) groups is 2. The van der Waals surface area contributed by atoms with E-state index in [0.717, 1.165) is 10.4 Å². The molecule has 4 rings (SSSR count). The number of anilines is 3. The molecule has 0 bridgehead atoms. The fourth-order valence-electron chi connectivity index (χ4n) is 3.72. The Hall–Kier alpha value is -4.80. The Balaban J connectivity index is 1.57. The molecule has 0 unspecified atom stereocenters. The third kappa shape index (κ3) is 7.62. The van der Waals surface area contributed by atoms with Gasteiger partial charge in [-0.3, -0.25) is 4.79 Å². The van der Waals surface area contributed by atoms with Crippen molar-refractivity contribution >= 4 is 29.1 Å². The predicted octanol–water partition coefficient (Wildman–Crippen LogP) is 6.91. The summed E-state index contributed by atoms with van der Waals surface area (Å²) in [4.78, 5) is 25.2. The van der Waals surface area contributed by atoms with E-state index in [4.69, 9.17) is 4.74 Å². The highest BCUT2D eigenvalue weighted by atomic mass is 19.4. The van der Waals surface area contributed by atoms with Crippen LogP contribution in [-0.4, -0.2) is 27.4 Å². The maximum Gasteiger partial charge on any atom is 0.435 e. The fraction of sp³-hybridized carbons (Fsp3) is 0.207. The van der Waals surface area contributed by atoms with Crippen molar-refractivity contribution in [2.75, 3.05) is 10.6 Å². The van der Waals surface area contributed by atoms with Crippen molar-refractivity contribution in [3.8, 4) is 5.69 Å². The second kappa shape index (κ2) is 11.5. The number of para-hydroxylation sites is 1. The molecule has 4 aromatic rings. The van der Waals surface area contributed by atoms with E-state index in [-0.39, 0.29) is 17.9 Å². The molecule has 1 aromatic heterocycles. The molecule has 208 valence electrons. The van der Waals surface area contributed by atoms with Crippen LogP contribution < -0.4 is 16.0 Å². The molecule has 0 radical (unpaired) electrons. The lowest BCUT2D eigenvalue weighted by Crippen LogP contribution is -2.32. The zero-order valence-electron chi connectivity index (χ0n) is 22.0. The summed E-state index contributed by atoms with van der Waals surface area (Å²) < 4.78 is 46.9. The smallest absolute Gasteiger partial charge is 0.435 e. The number of alkyl halides is 3. The van der Waals surface area contributed by atoms with E-state index in [2.05, 4.69) is 21.0 Å². The first-order chi connectivity index (χ1) is 18.9. The van der Waals surface area contributed by atoms with Gasteiger partial charge in [0.15, 0.2) is 5.69 Å². The number of amides is 2. The maximum atomic E-state index is 13.6. The standard InChI is InChI=1S/C29H28F3N5O3/c1-28(2,3)40-27(39)33-18-19-9-7-14-23(15-19)37-24(17-25(36-37)29(30,31)32)26(38)35-22-13-8-12-21(16-22)34-20-10-5-4-6-11-20/h4-17,34H,18H2,1-3H3,(H,33,39)(H,35,38). The molecule has 40 heavy (non-hydrogen) atoms. The van der Waals surface area contributed by atoms with Crippen molar-refractivity contribution in [1.29, 1.82) is 0 Å². The summed E-state index contributed by atoms with van der Waals surface area (Å²) in [5, 5.41) is 12.1. The highest BCUT2D eigenvalue weighted by Gasteiger charge is 2.36.